The standard InChI is InChI=1S/C13H14ClF4N/c14-11-4-2-1-3-10(11)8-5-9(6-8)19-7-13(17,18)12(15)16/h1-4,8-9,12,19H,5-7H2. The van der Waals surface area contributed by atoms with Crippen LogP contribution >= 0.6 is 11.6 Å². The van der Waals surface area contributed by atoms with Gasteiger partial charge in [0.05, 0.1) is 6.54 Å². The molecule has 0 aliphatic heterocycles. The van der Waals surface area contributed by atoms with Gasteiger partial charge < -0.3 is 5.32 Å². The zero-order valence-electron chi connectivity index (χ0n) is 10.1. The van der Waals surface area contributed by atoms with E-state index in [2.05, 4.69) is 5.32 Å². The van der Waals surface area contributed by atoms with Gasteiger partial charge >= 0.3 is 12.3 Å². The van der Waals surface area contributed by atoms with Crippen LogP contribution in [-0.4, -0.2) is 24.9 Å². The molecule has 0 atom stereocenters. The largest absolute Gasteiger partial charge is 0.319 e. The molecule has 0 radical (unpaired) electrons. The summed E-state index contributed by atoms with van der Waals surface area (Å²) < 4.78 is 49.4. The molecule has 1 aliphatic rings. The number of benzene rings is 1. The average Bonchev–Trinajstić information content (AvgIpc) is 2.29. The molecule has 6 heteroatoms. The number of halogens is 5. The third-order valence-corrected chi connectivity index (χ3v) is 3.77. The lowest BCUT2D eigenvalue weighted by molar-refractivity contribution is -0.127. The van der Waals surface area contributed by atoms with Crippen molar-refractivity contribution in [3.05, 3.63) is 34.9 Å². The normalized spacial score (nSPS) is 23.5. The van der Waals surface area contributed by atoms with Gasteiger partial charge in [-0.2, -0.15) is 8.78 Å². The van der Waals surface area contributed by atoms with Gasteiger partial charge in [-0.3, -0.25) is 0 Å². The van der Waals surface area contributed by atoms with Crippen LogP contribution in [0.4, 0.5) is 17.6 Å². The smallest absolute Gasteiger partial charge is 0.308 e. The van der Waals surface area contributed by atoms with E-state index in [-0.39, 0.29) is 12.0 Å². The third kappa shape index (κ3) is 3.39. The van der Waals surface area contributed by atoms with Crippen LogP contribution < -0.4 is 5.32 Å². The Hall–Kier alpha value is -0.810. The molecule has 0 unspecified atom stereocenters. The van der Waals surface area contributed by atoms with Gasteiger partial charge in [0.2, 0.25) is 0 Å². The highest BCUT2D eigenvalue weighted by molar-refractivity contribution is 6.31. The summed E-state index contributed by atoms with van der Waals surface area (Å²) in [6.45, 7) is -0.982. The minimum atomic E-state index is -3.96. The molecule has 1 fully saturated rings. The Bertz CT molecular complexity index is 432. The fraction of sp³-hybridized carbons (Fsp3) is 0.538. The predicted octanol–water partition coefficient (Wildman–Crippen LogP) is 4.08. The molecule has 1 aromatic carbocycles. The second-order valence-electron chi connectivity index (χ2n) is 4.83. The quantitative estimate of drug-likeness (QED) is 0.807. The highest BCUT2D eigenvalue weighted by Gasteiger charge is 2.42. The Labute approximate surface area is 113 Å². The van der Waals surface area contributed by atoms with Crippen molar-refractivity contribution in [2.75, 3.05) is 6.54 Å². The summed E-state index contributed by atoms with van der Waals surface area (Å²) in [5.74, 6) is -3.75. The van der Waals surface area contributed by atoms with Crippen molar-refractivity contribution >= 4 is 11.6 Å². The van der Waals surface area contributed by atoms with Gasteiger partial charge in [-0.05, 0) is 30.4 Å². The molecular weight excluding hydrogens is 282 g/mol. The first kappa shape index (κ1) is 14.6. The Morgan fingerprint density at radius 1 is 1.26 bits per heavy atom. The Morgan fingerprint density at radius 2 is 1.89 bits per heavy atom. The van der Waals surface area contributed by atoms with Crippen LogP contribution in [0.1, 0.15) is 24.3 Å². The van der Waals surface area contributed by atoms with Crippen molar-refractivity contribution in [3.8, 4) is 0 Å². The molecule has 1 nitrogen and oxygen atoms in total. The van der Waals surface area contributed by atoms with E-state index in [9.17, 15) is 17.6 Å². The van der Waals surface area contributed by atoms with Gasteiger partial charge in [-0.15, -0.1) is 0 Å². The predicted molar refractivity (Wildman–Crippen MR) is 66.2 cm³/mol. The van der Waals surface area contributed by atoms with Crippen LogP contribution in [0.25, 0.3) is 0 Å². The van der Waals surface area contributed by atoms with Crippen molar-refractivity contribution in [1.82, 2.24) is 5.32 Å². The lowest BCUT2D eigenvalue weighted by Gasteiger charge is -2.37. The summed E-state index contributed by atoms with van der Waals surface area (Å²) in [7, 11) is 0. The summed E-state index contributed by atoms with van der Waals surface area (Å²) in [4.78, 5) is 0. The third-order valence-electron chi connectivity index (χ3n) is 3.43. The Kier molecular flexibility index (Phi) is 4.36. The maximum absolute atomic E-state index is 12.7. The average molecular weight is 296 g/mol. The van der Waals surface area contributed by atoms with Crippen molar-refractivity contribution in [3.63, 3.8) is 0 Å². The van der Waals surface area contributed by atoms with Gasteiger partial charge in [-0.25, -0.2) is 8.78 Å². The molecule has 1 saturated carbocycles. The molecule has 0 aromatic heterocycles. The van der Waals surface area contributed by atoms with Crippen LogP contribution in [0.5, 0.6) is 0 Å². The van der Waals surface area contributed by atoms with E-state index in [4.69, 9.17) is 11.6 Å². The summed E-state index contributed by atoms with van der Waals surface area (Å²) in [6.07, 6.45) is -2.34. The molecule has 106 valence electrons. The lowest BCUT2D eigenvalue weighted by atomic mass is 9.76. The summed E-state index contributed by atoms with van der Waals surface area (Å²) >= 11 is 6.03. The number of alkyl halides is 4. The van der Waals surface area contributed by atoms with E-state index >= 15 is 0 Å². The van der Waals surface area contributed by atoms with Crippen LogP contribution in [0.15, 0.2) is 24.3 Å². The van der Waals surface area contributed by atoms with E-state index in [1.54, 1.807) is 6.07 Å². The van der Waals surface area contributed by atoms with Gasteiger partial charge in [0.25, 0.3) is 0 Å². The minimum Gasteiger partial charge on any atom is -0.308 e. The first-order valence-electron chi connectivity index (χ1n) is 6.04. The number of nitrogens with one attached hydrogen (secondary N) is 1. The van der Waals surface area contributed by atoms with E-state index in [0.29, 0.717) is 17.9 Å². The number of rotatable bonds is 5. The monoisotopic (exact) mass is 295 g/mol. The Morgan fingerprint density at radius 3 is 2.47 bits per heavy atom. The summed E-state index contributed by atoms with van der Waals surface area (Å²) in [6, 6.07) is 7.22. The zero-order valence-corrected chi connectivity index (χ0v) is 10.8. The Balaban J connectivity index is 1.80. The zero-order chi connectivity index (χ0) is 14.0. The minimum absolute atomic E-state index is 0.147. The van der Waals surface area contributed by atoms with E-state index in [0.717, 1.165) is 5.56 Å². The molecule has 0 amide bonds. The van der Waals surface area contributed by atoms with Gasteiger partial charge in [-0.1, -0.05) is 29.8 Å². The maximum atomic E-state index is 12.7. The highest BCUT2D eigenvalue weighted by Crippen LogP contribution is 2.40. The molecule has 1 aromatic rings. The van der Waals surface area contributed by atoms with E-state index in [1.807, 2.05) is 18.2 Å². The SMILES string of the molecule is FC(F)C(F)(F)CNC1CC(c2ccccc2Cl)C1. The van der Waals surface area contributed by atoms with Crippen LogP contribution in [0, 0.1) is 0 Å². The molecule has 0 saturated heterocycles. The number of hydrogen-bond donors (Lipinski definition) is 1. The fourth-order valence-corrected chi connectivity index (χ4v) is 2.49. The number of hydrogen-bond acceptors (Lipinski definition) is 1. The molecule has 0 heterocycles. The summed E-state index contributed by atoms with van der Waals surface area (Å²) in [5.41, 5.74) is 0.989. The van der Waals surface area contributed by atoms with Crippen molar-refractivity contribution in [2.24, 2.45) is 0 Å². The molecular formula is C13H14ClF4N. The second kappa shape index (κ2) is 5.67. The van der Waals surface area contributed by atoms with Crippen molar-refractivity contribution in [2.45, 2.75) is 37.1 Å². The highest BCUT2D eigenvalue weighted by atomic mass is 35.5. The maximum Gasteiger partial charge on any atom is 0.319 e. The van der Waals surface area contributed by atoms with E-state index in [1.165, 1.54) is 0 Å². The van der Waals surface area contributed by atoms with Gasteiger partial charge in [0.1, 0.15) is 0 Å². The van der Waals surface area contributed by atoms with Crippen molar-refractivity contribution < 1.29 is 17.6 Å². The van der Waals surface area contributed by atoms with Crippen LogP contribution in [-0.2, 0) is 0 Å². The van der Waals surface area contributed by atoms with Crippen LogP contribution in [0.3, 0.4) is 0 Å². The molecule has 0 bridgehead atoms. The fourth-order valence-electron chi connectivity index (χ4n) is 2.20. The van der Waals surface area contributed by atoms with Crippen molar-refractivity contribution in [1.29, 1.82) is 0 Å². The molecule has 0 spiro atoms. The molecule has 1 aliphatic carbocycles. The molecule has 1 N–H and O–H groups in total. The first-order chi connectivity index (χ1) is 8.90. The van der Waals surface area contributed by atoms with E-state index < -0.39 is 18.9 Å². The van der Waals surface area contributed by atoms with Gasteiger partial charge in [0, 0.05) is 11.1 Å². The summed E-state index contributed by atoms with van der Waals surface area (Å²) in [5, 5.41) is 3.14. The topological polar surface area (TPSA) is 12.0 Å². The molecule has 19 heavy (non-hydrogen) atoms. The molecule has 2 rings (SSSR count). The first-order valence-corrected chi connectivity index (χ1v) is 6.41. The lowest BCUT2D eigenvalue weighted by Crippen LogP contribution is -2.47. The van der Waals surface area contributed by atoms with Gasteiger partial charge in [0.15, 0.2) is 0 Å². The van der Waals surface area contributed by atoms with Crippen LogP contribution in [0.2, 0.25) is 5.02 Å². The second-order valence-corrected chi connectivity index (χ2v) is 5.24.